The molecule has 5 heteroatoms. The minimum atomic E-state index is -0.831. The molecule has 0 aliphatic heterocycles. The van der Waals surface area contributed by atoms with E-state index in [-0.39, 0.29) is 11.8 Å². The van der Waals surface area contributed by atoms with Crippen molar-refractivity contribution in [1.29, 1.82) is 0 Å². The van der Waals surface area contributed by atoms with Crippen molar-refractivity contribution in [3.8, 4) is 0 Å². The third-order valence-corrected chi connectivity index (χ3v) is 7.15. The molecule has 0 spiro atoms. The summed E-state index contributed by atoms with van der Waals surface area (Å²) in [4.78, 5) is 13.3. The zero-order valence-corrected chi connectivity index (χ0v) is 19.1. The van der Waals surface area contributed by atoms with Crippen molar-refractivity contribution in [3.05, 3.63) is 90.0 Å². The van der Waals surface area contributed by atoms with Crippen molar-refractivity contribution in [3.63, 3.8) is 0 Å². The van der Waals surface area contributed by atoms with Crippen LogP contribution in [0.15, 0.2) is 73.1 Å². The Morgan fingerprint density at radius 1 is 1.09 bits per heavy atom. The Morgan fingerprint density at radius 3 is 2.25 bits per heavy atom. The van der Waals surface area contributed by atoms with E-state index in [1.54, 1.807) is 7.11 Å². The second kappa shape index (κ2) is 9.70. The smallest absolute Gasteiger partial charge is 0.256 e. The largest absolute Gasteiger partial charge is 0.381 e. The van der Waals surface area contributed by atoms with Crippen LogP contribution in [0.5, 0.6) is 0 Å². The molecule has 0 saturated heterocycles. The first-order chi connectivity index (χ1) is 15.6. The second-order valence-corrected chi connectivity index (χ2v) is 8.73. The first-order valence-electron chi connectivity index (χ1n) is 11.6. The number of primary amides is 1. The number of ether oxygens (including phenoxy) is 1. The molecule has 2 aromatic carbocycles. The summed E-state index contributed by atoms with van der Waals surface area (Å²) >= 11 is 0. The number of carbonyl (C=O) groups excluding carboxylic acids is 1. The summed E-state index contributed by atoms with van der Waals surface area (Å²) in [7, 11) is 1.74. The summed E-state index contributed by atoms with van der Waals surface area (Å²) < 4.78 is 9.98. The summed E-state index contributed by atoms with van der Waals surface area (Å²) in [6.45, 7) is 3.74. The van der Waals surface area contributed by atoms with Crippen LogP contribution in [-0.2, 0) is 27.9 Å². The van der Waals surface area contributed by atoms with Crippen molar-refractivity contribution in [2.45, 2.75) is 50.6 Å². The Hall–Kier alpha value is -2.92. The average molecular weight is 433 g/mol. The molecule has 1 aromatic heterocycles. The predicted octanol–water partition coefficient (Wildman–Crippen LogP) is 3.80. The van der Waals surface area contributed by atoms with E-state index in [0.717, 1.165) is 43.4 Å². The molecule has 1 aliphatic carbocycles. The third kappa shape index (κ3) is 3.86. The van der Waals surface area contributed by atoms with Crippen molar-refractivity contribution >= 4 is 5.91 Å². The van der Waals surface area contributed by atoms with Crippen LogP contribution in [0.1, 0.15) is 49.2 Å². The monoisotopic (exact) mass is 432 g/mol. The van der Waals surface area contributed by atoms with Gasteiger partial charge in [-0.15, -0.1) is 0 Å². The average Bonchev–Trinajstić information content (AvgIpc) is 3.46. The van der Waals surface area contributed by atoms with Gasteiger partial charge in [0.2, 0.25) is 5.91 Å². The van der Waals surface area contributed by atoms with Crippen molar-refractivity contribution < 1.29 is 14.1 Å². The van der Waals surface area contributed by atoms with E-state index in [9.17, 15) is 4.79 Å². The Labute approximate surface area is 190 Å². The molecule has 5 nitrogen and oxygen atoms in total. The molecule has 0 radical (unpaired) electrons. The number of carbonyl (C=O) groups is 1. The van der Waals surface area contributed by atoms with Gasteiger partial charge in [-0.25, -0.2) is 9.13 Å². The zero-order valence-electron chi connectivity index (χ0n) is 19.1. The van der Waals surface area contributed by atoms with Gasteiger partial charge in [-0.05, 0) is 36.3 Å². The Balaban J connectivity index is 1.73. The lowest BCUT2D eigenvalue weighted by molar-refractivity contribution is -0.705. The maximum Gasteiger partial charge on any atom is 0.256 e. The number of imidazole rings is 1. The molecule has 2 unspecified atom stereocenters. The highest BCUT2D eigenvalue weighted by Crippen LogP contribution is 2.49. The van der Waals surface area contributed by atoms with E-state index in [1.807, 2.05) is 36.4 Å². The number of hydrogen-bond acceptors (Lipinski definition) is 2. The number of benzene rings is 2. The van der Waals surface area contributed by atoms with Gasteiger partial charge in [0.15, 0.2) is 0 Å². The molecule has 3 aromatic rings. The van der Waals surface area contributed by atoms with Crippen LogP contribution >= 0.6 is 0 Å². The number of amides is 1. The molecule has 2 atom stereocenters. The number of methoxy groups -OCH3 is 1. The van der Waals surface area contributed by atoms with E-state index in [4.69, 9.17) is 10.5 Å². The number of aromatic nitrogens is 2. The Kier molecular flexibility index (Phi) is 6.75. The summed E-state index contributed by atoms with van der Waals surface area (Å²) in [5, 5.41) is 0. The highest BCUT2D eigenvalue weighted by molar-refractivity contribution is 5.91. The van der Waals surface area contributed by atoms with Crippen molar-refractivity contribution in [2.75, 3.05) is 13.7 Å². The Bertz CT molecular complexity index is 990. The van der Waals surface area contributed by atoms with Gasteiger partial charge in [0.25, 0.3) is 5.82 Å². The molecular formula is C27H34N3O2+. The minimum absolute atomic E-state index is 0.134. The van der Waals surface area contributed by atoms with Crippen molar-refractivity contribution in [2.24, 2.45) is 11.7 Å². The van der Waals surface area contributed by atoms with Crippen LogP contribution in [0.25, 0.3) is 0 Å². The summed E-state index contributed by atoms with van der Waals surface area (Å²) in [5.41, 5.74) is 7.40. The summed E-state index contributed by atoms with van der Waals surface area (Å²) in [6, 6.07) is 20.6. The molecule has 1 heterocycles. The van der Waals surface area contributed by atoms with E-state index in [0.29, 0.717) is 12.6 Å². The lowest BCUT2D eigenvalue weighted by Crippen LogP contribution is -2.47. The fraction of sp³-hybridized carbons (Fsp3) is 0.407. The van der Waals surface area contributed by atoms with E-state index >= 15 is 0 Å². The van der Waals surface area contributed by atoms with Gasteiger partial charge in [0.1, 0.15) is 30.4 Å². The maximum atomic E-state index is 13.3. The molecule has 1 fully saturated rings. The second-order valence-electron chi connectivity index (χ2n) is 8.73. The molecule has 0 bridgehead atoms. The van der Waals surface area contributed by atoms with Crippen LogP contribution in [0.3, 0.4) is 0 Å². The topological polar surface area (TPSA) is 61.1 Å². The molecule has 4 rings (SSSR count). The lowest BCUT2D eigenvalue weighted by Gasteiger charge is -2.37. The van der Waals surface area contributed by atoms with Crippen LogP contribution in [0, 0.1) is 5.92 Å². The summed E-state index contributed by atoms with van der Waals surface area (Å²) in [5.74, 6) is 1.17. The van der Waals surface area contributed by atoms with Crippen LogP contribution < -0.4 is 10.3 Å². The Morgan fingerprint density at radius 2 is 1.72 bits per heavy atom. The fourth-order valence-electron chi connectivity index (χ4n) is 5.71. The van der Waals surface area contributed by atoms with Crippen LogP contribution in [-0.4, -0.2) is 24.2 Å². The van der Waals surface area contributed by atoms with Gasteiger partial charge >= 0.3 is 0 Å². The SMILES string of the molecule is CCc1n(C2CCC(C(C(N)=O)(c3ccccc3)c3ccccc3)C2)cc[n+]1CCOC. The van der Waals surface area contributed by atoms with Gasteiger partial charge in [-0.1, -0.05) is 67.6 Å². The number of nitrogens with zero attached hydrogens (tertiary/aromatic N) is 2. The van der Waals surface area contributed by atoms with Gasteiger partial charge in [-0.3, -0.25) is 4.79 Å². The standard InChI is InChI=1S/C27H33N3O2/c1-3-25-29(18-19-32-2)16-17-30(25)24-15-14-23(20-24)27(26(28)31,21-10-6-4-7-11-21)22-12-8-5-9-13-22/h4-13,16-17,23-24H,3,14-15,18-20H2,1-2H3,(H-,28,31)/p+1. The summed E-state index contributed by atoms with van der Waals surface area (Å²) in [6.07, 6.45) is 8.20. The van der Waals surface area contributed by atoms with Crippen LogP contribution in [0.2, 0.25) is 0 Å². The molecule has 1 aliphatic rings. The number of nitrogens with two attached hydrogens (primary N) is 1. The first kappa shape index (κ1) is 22.3. The normalized spacial score (nSPS) is 18.7. The molecule has 2 N–H and O–H groups in total. The third-order valence-electron chi connectivity index (χ3n) is 7.15. The minimum Gasteiger partial charge on any atom is -0.381 e. The van der Waals surface area contributed by atoms with E-state index in [1.165, 1.54) is 5.82 Å². The molecule has 32 heavy (non-hydrogen) atoms. The lowest BCUT2D eigenvalue weighted by atomic mass is 9.64. The first-order valence-corrected chi connectivity index (χ1v) is 11.6. The van der Waals surface area contributed by atoms with Gasteiger partial charge in [0, 0.05) is 13.5 Å². The van der Waals surface area contributed by atoms with E-state index in [2.05, 4.69) is 52.7 Å². The van der Waals surface area contributed by atoms with Gasteiger partial charge in [0.05, 0.1) is 6.61 Å². The molecule has 168 valence electrons. The maximum absolute atomic E-state index is 13.3. The fourth-order valence-corrected chi connectivity index (χ4v) is 5.71. The quantitative estimate of drug-likeness (QED) is 0.523. The zero-order chi connectivity index (χ0) is 22.6. The predicted molar refractivity (Wildman–Crippen MR) is 125 cm³/mol. The number of hydrogen-bond donors (Lipinski definition) is 1. The van der Waals surface area contributed by atoms with Crippen molar-refractivity contribution in [1.82, 2.24) is 4.57 Å². The highest BCUT2D eigenvalue weighted by atomic mass is 16.5. The molecule has 1 amide bonds. The van der Waals surface area contributed by atoms with Gasteiger partial charge < -0.3 is 10.5 Å². The molecule has 1 saturated carbocycles. The number of rotatable bonds is 9. The van der Waals surface area contributed by atoms with Crippen LogP contribution in [0.4, 0.5) is 0 Å². The van der Waals surface area contributed by atoms with E-state index < -0.39 is 5.41 Å². The molecular weight excluding hydrogens is 398 g/mol. The highest BCUT2D eigenvalue weighted by Gasteiger charge is 2.51. The van der Waals surface area contributed by atoms with Gasteiger partial charge in [-0.2, -0.15) is 0 Å².